The van der Waals surface area contributed by atoms with Gasteiger partial charge in [0.05, 0.1) is 12.3 Å². The molecule has 0 radical (unpaired) electrons. The molecule has 0 atom stereocenters. The Balaban J connectivity index is 1.39. The van der Waals surface area contributed by atoms with Crippen LogP contribution in [0.4, 0.5) is 5.13 Å². The van der Waals surface area contributed by atoms with Gasteiger partial charge in [0.15, 0.2) is 5.13 Å². The molecule has 1 aliphatic rings. The minimum Gasteiger partial charge on any atom is -0.494 e. The molecular formula is C21H28N2O2S. The second-order valence-corrected chi connectivity index (χ2v) is 8.95. The number of hydrogen-bond donors (Lipinski definition) is 1. The average Bonchev–Trinajstić information content (AvgIpc) is 3.00. The van der Waals surface area contributed by atoms with Crippen molar-refractivity contribution in [1.82, 2.24) is 4.98 Å². The standard InChI is InChI=1S/C21H28N2O2S/c1-21(2,3)15-10-12-16(13-11-15)25-14-6-9-19(24)23-20-22-17-7-4-5-8-18(17)26-20/h10-13H,4-9,14H2,1-3H3,(H,22,23,24). The maximum atomic E-state index is 12.1. The van der Waals surface area contributed by atoms with Crippen molar-refractivity contribution in [3.8, 4) is 5.75 Å². The molecule has 0 unspecified atom stereocenters. The Morgan fingerprint density at radius 2 is 1.92 bits per heavy atom. The molecular weight excluding hydrogens is 344 g/mol. The number of aromatic nitrogens is 1. The predicted molar refractivity (Wildman–Crippen MR) is 107 cm³/mol. The van der Waals surface area contributed by atoms with Crippen molar-refractivity contribution in [2.24, 2.45) is 0 Å². The summed E-state index contributed by atoms with van der Waals surface area (Å²) >= 11 is 1.63. The van der Waals surface area contributed by atoms with Crippen molar-refractivity contribution >= 4 is 22.4 Å². The van der Waals surface area contributed by atoms with Crippen LogP contribution >= 0.6 is 11.3 Å². The Kier molecular flexibility index (Phi) is 5.97. The van der Waals surface area contributed by atoms with Crippen molar-refractivity contribution < 1.29 is 9.53 Å². The maximum absolute atomic E-state index is 12.1. The Hall–Kier alpha value is -1.88. The number of amides is 1. The number of nitrogens with one attached hydrogen (secondary N) is 1. The first-order valence-electron chi connectivity index (χ1n) is 9.43. The zero-order chi connectivity index (χ0) is 18.6. The number of anilines is 1. The molecule has 1 heterocycles. The van der Waals surface area contributed by atoms with E-state index in [9.17, 15) is 4.79 Å². The number of rotatable bonds is 6. The van der Waals surface area contributed by atoms with Crippen LogP contribution in [0.1, 0.15) is 62.6 Å². The van der Waals surface area contributed by atoms with E-state index >= 15 is 0 Å². The Bertz CT molecular complexity index is 721. The van der Waals surface area contributed by atoms with Crippen LogP contribution in [0.25, 0.3) is 0 Å². The Labute approximate surface area is 160 Å². The van der Waals surface area contributed by atoms with Crippen LogP contribution < -0.4 is 10.1 Å². The van der Waals surface area contributed by atoms with Gasteiger partial charge < -0.3 is 10.1 Å². The van der Waals surface area contributed by atoms with Gasteiger partial charge in [-0.2, -0.15) is 0 Å². The normalized spacial score (nSPS) is 14.0. The fourth-order valence-corrected chi connectivity index (χ4v) is 4.13. The highest BCUT2D eigenvalue weighted by Crippen LogP contribution is 2.29. The van der Waals surface area contributed by atoms with Crippen LogP contribution in [-0.4, -0.2) is 17.5 Å². The lowest BCUT2D eigenvalue weighted by Crippen LogP contribution is -2.13. The summed E-state index contributed by atoms with van der Waals surface area (Å²) in [6.45, 7) is 7.12. The largest absolute Gasteiger partial charge is 0.494 e. The van der Waals surface area contributed by atoms with Gasteiger partial charge >= 0.3 is 0 Å². The number of carbonyl (C=O) groups excluding carboxylic acids is 1. The first-order chi connectivity index (χ1) is 12.4. The number of carbonyl (C=O) groups is 1. The molecule has 1 aromatic carbocycles. The first-order valence-corrected chi connectivity index (χ1v) is 10.3. The highest BCUT2D eigenvalue weighted by atomic mass is 32.1. The highest BCUT2D eigenvalue weighted by molar-refractivity contribution is 7.15. The summed E-state index contributed by atoms with van der Waals surface area (Å²) in [6, 6.07) is 8.21. The molecule has 0 saturated heterocycles. The first kappa shape index (κ1) is 18.9. The number of thiazole rings is 1. The maximum Gasteiger partial charge on any atom is 0.226 e. The van der Waals surface area contributed by atoms with Crippen molar-refractivity contribution in [3.63, 3.8) is 0 Å². The van der Waals surface area contributed by atoms with Crippen molar-refractivity contribution in [2.75, 3.05) is 11.9 Å². The number of ether oxygens (including phenoxy) is 1. The van der Waals surface area contributed by atoms with Gasteiger partial charge in [0.25, 0.3) is 0 Å². The van der Waals surface area contributed by atoms with E-state index in [4.69, 9.17) is 4.74 Å². The van der Waals surface area contributed by atoms with E-state index in [0.29, 0.717) is 19.4 Å². The minimum absolute atomic E-state index is 0.0165. The quantitative estimate of drug-likeness (QED) is 0.716. The molecule has 2 aromatic rings. The van der Waals surface area contributed by atoms with Crippen LogP contribution in [0.15, 0.2) is 24.3 Å². The van der Waals surface area contributed by atoms with Gasteiger partial charge in [-0.1, -0.05) is 32.9 Å². The Morgan fingerprint density at radius 3 is 2.62 bits per heavy atom. The van der Waals surface area contributed by atoms with Gasteiger partial charge in [-0.3, -0.25) is 4.79 Å². The van der Waals surface area contributed by atoms with Gasteiger partial charge in [-0.05, 0) is 55.2 Å². The third kappa shape index (κ3) is 5.07. The van der Waals surface area contributed by atoms with E-state index in [2.05, 4.69) is 43.2 Å². The molecule has 4 nitrogen and oxygen atoms in total. The van der Waals surface area contributed by atoms with Gasteiger partial charge in [-0.15, -0.1) is 11.3 Å². The molecule has 1 N–H and O–H groups in total. The topological polar surface area (TPSA) is 51.2 Å². The van der Waals surface area contributed by atoms with E-state index in [1.165, 1.54) is 29.0 Å². The van der Waals surface area contributed by atoms with Crippen LogP contribution in [0.5, 0.6) is 5.75 Å². The summed E-state index contributed by atoms with van der Waals surface area (Å²) in [5.41, 5.74) is 2.61. The minimum atomic E-state index is 0.0165. The summed E-state index contributed by atoms with van der Waals surface area (Å²) in [5, 5.41) is 3.69. The number of benzene rings is 1. The average molecular weight is 373 g/mol. The van der Waals surface area contributed by atoms with Crippen molar-refractivity contribution in [1.29, 1.82) is 0 Å². The predicted octanol–water partition coefficient (Wildman–Crippen LogP) is 5.12. The monoisotopic (exact) mass is 372 g/mol. The van der Waals surface area contributed by atoms with Crippen LogP contribution in [-0.2, 0) is 23.1 Å². The second kappa shape index (κ2) is 8.21. The smallest absolute Gasteiger partial charge is 0.226 e. The van der Waals surface area contributed by atoms with E-state index in [1.807, 2.05) is 12.1 Å². The van der Waals surface area contributed by atoms with Gasteiger partial charge in [0.2, 0.25) is 5.91 Å². The number of aryl methyl sites for hydroxylation is 2. The molecule has 0 spiro atoms. The van der Waals surface area contributed by atoms with Crippen molar-refractivity contribution in [3.05, 3.63) is 40.4 Å². The summed E-state index contributed by atoms with van der Waals surface area (Å²) in [5.74, 6) is 0.869. The summed E-state index contributed by atoms with van der Waals surface area (Å²) in [4.78, 5) is 18.0. The molecule has 1 aromatic heterocycles. The summed E-state index contributed by atoms with van der Waals surface area (Å²) in [6.07, 6.45) is 5.73. The number of hydrogen-bond acceptors (Lipinski definition) is 4. The van der Waals surface area contributed by atoms with Crippen LogP contribution in [0, 0.1) is 0 Å². The van der Waals surface area contributed by atoms with Gasteiger partial charge in [0.1, 0.15) is 5.75 Å². The van der Waals surface area contributed by atoms with Gasteiger partial charge in [0, 0.05) is 11.3 Å². The van der Waals surface area contributed by atoms with E-state index in [0.717, 1.165) is 23.7 Å². The Morgan fingerprint density at radius 1 is 1.19 bits per heavy atom. The lowest BCUT2D eigenvalue weighted by atomic mass is 9.87. The molecule has 3 rings (SSSR count). The zero-order valence-electron chi connectivity index (χ0n) is 15.9. The third-order valence-corrected chi connectivity index (χ3v) is 5.70. The summed E-state index contributed by atoms with van der Waals surface area (Å²) in [7, 11) is 0. The zero-order valence-corrected chi connectivity index (χ0v) is 16.7. The van der Waals surface area contributed by atoms with E-state index in [-0.39, 0.29) is 11.3 Å². The van der Waals surface area contributed by atoms with Crippen LogP contribution in [0.3, 0.4) is 0 Å². The third-order valence-electron chi connectivity index (χ3n) is 4.63. The van der Waals surface area contributed by atoms with Crippen molar-refractivity contribution in [2.45, 2.75) is 64.7 Å². The number of fused-ring (bicyclic) bond motifs is 1. The fraction of sp³-hybridized carbons (Fsp3) is 0.524. The van der Waals surface area contributed by atoms with E-state index < -0.39 is 0 Å². The van der Waals surface area contributed by atoms with E-state index in [1.54, 1.807) is 11.3 Å². The lowest BCUT2D eigenvalue weighted by molar-refractivity contribution is -0.116. The second-order valence-electron chi connectivity index (χ2n) is 7.87. The molecule has 1 amide bonds. The van der Waals surface area contributed by atoms with Crippen LogP contribution in [0.2, 0.25) is 0 Å². The molecule has 26 heavy (non-hydrogen) atoms. The molecule has 5 heteroatoms. The summed E-state index contributed by atoms with van der Waals surface area (Å²) < 4.78 is 5.75. The molecule has 0 saturated carbocycles. The fourth-order valence-electron chi connectivity index (χ4n) is 3.06. The SMILES string of the molecule is CC(C)(C)c1ccc(OCCCC(=O)Nc2nc3c(s2)CCCC3)cc1. The molecule has 0 fully saturated rings. The highest BCUT2D eigenvalue weighted by Gasteiger charge is 2.16. The molecule has 1 aliphatic carbocycles. The molecule has 0 bridgehead atoms. The van der Waals surface area contributed by atoms with Gasteiger partial charge in [-0.25, -0.2) is 4.98 Å². The number of nitrogens with zero attached hydrogens (tertiary/aromatic N) is 1. The molecule has 140 valence electrons. The lowest BCUT2D eigenvalue weighted by Gasteiger charge is -2.19. The molecule has 0 aliphatic heterocycles.